The number of nitrogens with one attached hydrogen (secondary N) is 1. The minimum absolute atomic E-state index is 0.316. The van der Waals surface area contributed by atoms with Crippen molar-refractivity contribution in [2.75, 3.05) is 32.7 Å². The maximum Gasteiger partial charge on any atom is 0.101 e. The van der Waals surface area contributed by atoms with Crippen LogP contribution in [0.3, 0.4) is 0 Å². The molecule has 0 bridgehead atoms. The Hall–Kier alpha value is -0.420. The Bertz CT molecular complexity index is 321. The fourth-order valence-corrected chi connectivity index (χ4v) is 2.92. The molecule has 16 heavy (non-hydrogen) atoms. The highest BCUT2D eigenvalue weighted by Crippen LogP contribution is 2.24. The van der Waals surface area contributed by atoms with Crippen molar-refractivity contribution in [2.45, 2.75) is 19.4 Å². The molecule has 3 nitrogen and oxygen atoms in total. The zero-order valence-electron chi connectivity index (χ0n) is 9.78. The summed E-state index contributed by atoms with van der Waals surface area (Å²) in [6.07, 6.45) is 0.744. The van der Waals surface area contributed by atoms with Gasteiger partial charge in [-0.2, -0.15) is 0 Å². The first-order valence-electron chi connectivity index (χ1n) is 5.99. The van der Waals surface area contributed by atoms with Gasteiger partial charge in [-0.05, 0) is 18.6 Å². The Kier molecular flexibility index (Phi) is 4.35. The summed E-state index contributed by atoms with van der Waals surface area (Å²) >= 11 is 1.74. The molecule has 0 amide bonds. The highest BCUT2D eigenvalue weighted by Gasteiger charge is 2.16. The van der Waals surface area contributed by atoms with Crippen molar-refractivity contribution in [3.63, 3.8) is 0 Å². The first kappa shape index (κ1) is 12.0. The summed E-state index contributed by atoms with van der Waals surface area (Å²) < 4.78 is 0. The fourth-order valence-electron chi connectivity index (χ4n) is 1.99. The second-order valence-electron chi connectivity index (χ2n) is 4.22. The molecular formula is C12H20N2OS. The summed E-state index contributed by atoms with van der Waals surface area (Å²) in [6, 6.07) is 4.19. The highest BCUT2D eigenvalue weighted by atomic mass is 32.1. The van der Waals surface area contributed by atoms with Crippen LogP contribution in [0.4, 0.5) is 0 Å². The molecular weight excluding hydrogens is 220 g/mol. The Labute approximate surface area is 101 Å². The third-order valence-electron chi connectivity index (χ3n) is 3.00. The van der Waals surface area contributed by atoms with Crippen molar-refractivity contribution in [2.24, 2.45) is 0 Å². The summed E-state index contributed by atoms with van der Waals surface area (Å²) in [5.74, 6) is 0. The molecule has 0 aromatic carbocycles. The maximum atomic E-state index is 10.1. The second-order valence-corrected chi connectivity index (χ2v) is 5.42. The van der Waals surface area contributed by atoms with Crippen LogP contribution in [-0.4, -0.2) is 42.7 Å². The van der Waals surface area contributed by atoms with Crippen molar-refractivity contribution < 1.29 is 5.11 Å². The van der Waals surface area contributed by atoms with E-state index in [9.17, 15) is 5.11 Å². The van der Waals surface area contributed by atoms with E-state index in [0.717, 1.165) is 44.0 Å². The number of hydrogen-bond acceptors (Lipinski definition) is 4. The summed E-state index contributed by atoms with van der Waals surface area (Å²) in [4.78, 5) is 4.79. The van der Waals surface area contributed by atoms with E-state index < -0.39 is 0 Å². The third kappa shape index (κ3) is 3.04. The predicted molar refractivity (Wildman–Crippen MR) is 68.0 cm³/mol. The van der Waals surface area contributed by atoms with Gasteiger partial charge in [0.05, 0.1) is 0 Å². The van der Waals surface area contributed by atoms with Gasteiger partial charge in [0.25, 0.3) is 0 Å². The lowest BCUT2D eigenvalue weighted by Crippen LogP contribution is -2.44. The van der Waals surface area contributed by atoms with Gasteiger partial charge in [-0.3, -0.25) is 4.90 Å². The number of aliphatic hydroxyl groups excluding tert-OH is 1. The number of aryl methyl sites for hydroxylation is 1. The largest absolute Gasteiger partial charge is 0.386 e. The van der Waals surface area contributed by atoms with Crippen molar-refractivity contribution in [1.29, 1.82) is 0 Å². The maximum absolute atomic E-state index is 10.1. The topological polar surface area (TPSA) is 35.5 Å². The van der Waals surface area contributed by atoms with Crippen molar-refractivity contribution in [1.82, 2.24) is 10.2 Å². The first-order valence-corrected chi connectivity index (χ1v) is 6.81. The van der Waals surface area contributed by atoms with E-state index >= 15 is 0 Å². The van der Waals surface area contributed by atoms with Gasteiger partial charge in [0, 0.05) is 42.5 Å². The number of hydrogen-bond donors (Lipinski definition) is 2. The molecule has 90 valence electrons. The zero-order chi connectivity index (χ0) is 11.4. The van der Waals surface area contributed by atoms with E-state index in [0.29, 0.717) is 0 Å². The van der Waals surface area contributed by atoms with Gasteiger partial charge < -0.3 is 10.4 Å². The van der Waals surface area contributed by atoms with Crippen LogP contribution in [0, 0.1) is 0 Å². The normalized spacial score (nSPS) is 19.9. The van der Waals surface area contributed by atoms with Gasteiger partial charge in [0.2, 0.25) is 0 Å². The number of piperazine rings is 1. The molecule has 2 rings (SSSR count). The summed E-state index contributed by atoms with van der Waals surface area (Å²) in [5, 5.41) is 13.5. The SMILES string of the molecule is CCc1ccc(C(O)CN2CCNCC2)s1. The molecule has 1 aromatic rings. The van der Waals surface area contributed by atoms with Gasteiger partial charge >= 0.3 is 0 Å². The Morgan fingerprint density at radius 2 is 2.19 bits per heavy atom. The van der Waals surface area contributed by atoms with Crippen LogP contribution in [0.1, 0.15) is 22.8 Å². The van der Waals surface area contributed by atoms with Crippen LogP contribution in [0.5, 0.6) is 0 Å². The summed E-state index contributed by atoms with van der Waals surface area (Å²) in [6.45, 7) is 7.09. The molecule has 1 atom stereocenters. The molecule has 0 radical (unpaired) electrons. The molecule has 1 aromatic heterocycles. The third-order valence-corrected chi connectivity index (χ3v) is 4.33. The number of rotatable bonds is 4. The van der Waals surface area contributed by atoms with E-state index in [2.05, 4.69) is 29.3 Å². The molecule has 1 fully saturated rings. The molecule has 1 unspecified atom stereocenters. The Morgan fingerprint density at radius 3 is 2.81 bits per heavy atom. The quantitative estimate of drug-likeness (QED) is 0.831. The average Bonchev–Trinajstić information content (AvgIpc) is 2.79. The molecule has 2 heterocycles. The molecule has 4 heteroatoms. The van der Waals surface area contributed by atoms with E-state index in [1.54, 1.807) is 11.3 Å². The van der Waals surface area contributed by atoms with Crippen LogP contribution < -0.4 is 5.32 Å². The van der Waals surface area contributed by atoms with Gasteiger partial charge in [0.1, 0.15) is 6.10 Å². The molecule has 0 saturated carbocycles. The van der Waals surface area contributed by atoms with E-state index in [4.69, 9.17) is 0 Å². The molecule has 1 aliphatic rings. The van der Waals surface area contributed by atoms with Crippen molar-refractivity contribution in [3.8, 4) is 0 Å². The number of thiophene rings is 1. The molecule has 0 spiro atoms. The molecule has 1 aliphatic heterocycles. The van der Waals surface area contributed by atoms with Crippen LogP contribution >= 0.6 is 11.3 Å². The smallest absolute Gasteiger partial charge is 0.101 e. The van der Waals surface area contributed by atoms with E-state index in [1.807, 2.05) is 0 Å². The Balaban J connectivity index is 1.88. The first-order chi connectivity index (χ1) is 7.79. The van der Waals surface area contributed by atoms with Crippen LogP contribution in [0.25, 0.3) is 0 Å². The number of nitrogens with zero attached hydrogens (tertiary/aromatic N) is 1. The average molecular weight is 240 g/mol. The van der Waals surface area contributed by atoms with Gasteiger partial charge in [0.15, 0.2) is 0 Å². The van der Waals surface area contributed by atoms with Gasteiger partial charge in [-0.15, -0.1) is 11.3 Å². The number of β-amino-alcohol motifs (C(OH)–C–C–N with tert-alkyl or cyclic N) is 1. The Morgan fingerprint density at radius 1 is 1.44 bits per heavy atom. The fraction of sp³-hybridized carbons (Fsp3) is 0.667. The molecule has 2 N–H and O–H groups in total. The summed E-state index contributed by atoms with van der Waals surface area (Å²) in [5.41, 5.74) is 0. The molecule has 1 saturated heterocycles. The molecule has 0 aliphatic carbocycles. The monoisotopic (exact) mass is 240 g/mol. The standard InChI is InChI=1S/C12H20N2OS/c1-2-10-3-4-12(16-10)11(15)9-14-7-5-13-6-8-14/h3-4,11,13,15H,2,5-9H2,1H3. The van der Waals surface area contributed by atoms with E-state index in [-0.39, 0.29) is 6.10 Å². The lowest BCUT2D eigenvalue weighted by Gasteiger charge is -2.28. The summed E-state index contributed by atoms with van der Waals surface area (Å²) in [7, 11) is 0. The lowest BCUT2D eigenvalue weighted by atomic mass is 10.2. The van der Waals surface area contributed by atoms with Crippen molar-refractivity contribution in [3.05, 3.63) is 21.9 Å². The highest BCUT2D eigenvalue weighted by molar-refractivity contribution is 7.12. The van der Waals surface area contributed by atoms with Gasteiger partial charge in [-0.25, -0.2) is 0 Å². The minimum atomic E-state index is -0.316. The predicted octanol–water partition coefficient (Wildman–Crippen LogP) is 1.25. The second kappa shape index (κ2) is 5.77. The minimum Gasteiger partial charge on any atom is -0.386 e. The zero-order valence-corrected chi connectivity index (χ0v) is 10.6. The van der Waals surface area contributed by atoms with Crippen LogP contribution in [0.2, 0.25) is 0 Å². The van der Waals surface area contributed by atoms with Crippen molar-refractivity contribution >= 4 is 11.3 Å². The van der Waals surface area contributed by atoms with Gasteiger partial charge in [-0.1, -0.05) is 6.92 Å². The van der Waals surface area contributed by atoms with Crippen LogP contribution in [0.15, 0.2) is 12.1 Å². The number of aliphatic hydroxyl groups is 1. The lowest BCUT2D eigenvalue weighted by molar-refractivity contribution is 0.108. The van der Waals surface area contributed by atoms with E-state index in [1.165, 1.54) is 4.88 Å². The van der Waals surface area contributed by atoms with Crippen LogP contribution in [-0.2, 0) is 6.42 Å².